The molecule has 0 bridgehead atoms. The molecule has 0 aromatic heterocycles. The average molecular weight is 366 g/mol. The molecule has 0 aliphatic rings. The van der Waals surface area contributed by atoms with Gasteiger partial charge in [-0.15, -0.1) is 5.10 Å². The Hall–Kier alpha value is -0.960. The Morgan fingerprint density at radius 1 is 1.53 bits per heavy atom. The van der Waals surface area contributed by atoms with Crippen molar-refractivity contribution in [3.8, 4) is 11.5 Å². The van der Waals surface area contributed by atoms with E-state index in [1.54, 1.807) is 12.1 Å². The number of phenols is 1. The first-order valence-corrected chi connectivity index (χ1v) is 5.67. The lowest BCUT2D eigenvalue weighted by molar-refractivity contribution is -0.00000456. The van der Waals surface area contributed by atoms with E-state index < -0.39 is 0 Å². The van der Waals surface area contributed by atoms with Gasteiger partial charge in [-0.3, -0.25) is 0 Å². The molecule has 0 heterocycles. The maximum Gasteiger partial charge on any atom is 0.180 e. The Labute approximate surface area is 121 Å². The van der Waals surface area contributed by atoms with E-state index in [1.807, 2.05) is 6.26 Å². The number of thioether (sulfide) groups is 1. The van der Waals surface area contributed by atoms with E-state index in [2.05, 4.69) is 10.2 Å². The fraction of sp³-hybridized carbons (Fsp3) is 0.200. The van der Waals surface area contributed by atoms with Gasteiger partial charge in [0.05, 0.1) is 13.3 Å². The van der Waals surface area contributed by atoms with Crippen LogP contribution in [-0.4, -0.2) is 29.9 Å². The lowest BCUT2D eigenvalue weighted by Crippen LogP contribution is -3.00. The lowest BCUT2D eigenvalue weighted by atomic mass is 10.2. The molecule has 3 N–H and O–H groups in total. The Kier molecular flexibility index (Phi) is 7.72. The Bertz CT molecular complexity index is 424. The molecule has 7 heteroatoms. The molecule has 1 rings (SSSR count). The van der Waals surface area contributed by atoms with Gasteiger partial charge in [0.1, 0.15) is 0 Å². The molecule has 17 heavy (non-hydrogen) atoms. The third-order valence-electron chi connectivity index (χ3n) is 1.78. The van der Waals surface area contributed by atoms with Crippen molar-refractivity contribution in [2.45, 2.75) is 0 Å². The molecule has 0 aliphatic carbocycles. The van der Waals surface area contributed by atoms with Crippen molar-refractivity contribution in [1.82, 2.24) is 0 Å². The zero-order chi connectivity index (χ0) is 12.0. The largest absolute Gasteiger partial charge is 1.00 e. The van der Waals surface area contributed by atoms with Gasteiger partial charge in [0.25, 0.3) is 0 Å². The zero-order valence-electron chi connectivity index (χ0n) is 9.42. The van der Waals surface area contributed by atoms with Crippen LogP contribution < -0.4 is 34.4 Å². The van der Waals surface area contributed by atoms with Gasteiger partial charge in [-0.2, -0.15) is 5.10 Å². The molecule has 0 atom stereocenters. The molecule has 1 aromatic carbocycles. The highest BCUT2D eigenvalue weighted by molar-refractivity contribution is 8.13. The molecule has 0 amide bonds. The van der Waals surface area contributed by atoms with Crippen LogP contribution in [-0.2, 0) is 0 Å². The molecule has 0 radical (unpaired) electrons. The van der Waals surface area contributed by atoms with E-state index in [0.29, 0.717) is 10.9 Å². The molecule has 0 saturated heterocycles. The normalized spacial score (nSPS) is 11.3. The molecule has 5 nitrogen and oxygen atoms in total. The van der Waals surface area contributed by atoms with E-state index in [0.717, 1.165) is 5.56 Å². The number of amidine groups is 1. The minimum Gasteiger partial charge on any atom is -1.00 e. The minimum absolute atomic E-state index is 0. The number of halogens is 1. The van der Waals surface area contributed by atoms with E-state index >= 15 is 0 Å². The fourth-order valence-electron chi connectivity index (χ4n) is 0.968. The molecule has 0 aliphatic heterocycles. The maximum atomic E-state index is 9.37. The Balaban J connectivity index is 0.00000256. The summed E-state index contributed by atoms with van der Waals surface area (Å²) in [7, 11) is 1.49. The van der Waals surface area contributed by atoms with Crippen LogP contribution in [0, 0.1) is 0 Å². The van der Waals surface area contributed by atoms with Gasteiger partial charge in [0, 0.05) is 0 Å². The number of methoxy groups -OCH3 is 1. The number of hydrogen-bond donors (Lipinski definition) is 2. The third-order valence-corrected chi connectivity index (χ3v) is 2.28. The zero-order valence-corrected chi connectivity index (χ0v) is 12.4. The van der Waals surface area contributed by atoms with Gasteiger partial charge in [-0.1, -0.05) is 11.8 Å². The molecule has 1 aromatic rings. The van der Waals surface area contributed by atoms with Crippen molar-refractivity contribution in [1.29, 1.82) is 0 Å². The van der Waals surface area contributed by atoms with Crippen molar-refractivity contribution in [2.24, 2.45) is 15.9 Å². The van der Waals surface area contributed by atoms with Gasteiger partial charge in [-0.25, -0.2) is 0 Å². The number of aromatic hydroxyl groups is 1. The number of hydrogen-bond acceptors (Lipinski definition) is 5. The predicted octanol–water partition coefficient (Wildman–Crippen LogP) is -1.58. The second-order valence-corrected chi connectivity index (χ2v) is 3.64. The van der Waals surface area contributed by atoms with Crippen LogP contribution >= 0.6 is 11.8 Å². The SMILES string of the molecule is COc1cc(/C=N/N=C(\N)SC)ccc1O.[I-]. The first-order chi connectivity index (χ1) is 7.67. The van der Waals surface area contributed by atoms with Crippen LogP contribution in [0.15, 0.2) is 28.4 Å². The lowest BCUT2D eigenvalue weighted by Gasteiger charge is -2.02. The summed E-state index contributed by atoms with van der Waals surface area (Å²) < 4.78 is 4.96. The van der Waals surface area contributed by atoms with E-state index in [4.69, 9.17) is 10.5 Å². The van der Waals surface area contributed by atoms with E-state index in [1.165, 1.54) is 31.2 Å². The van der Waals surface area contributed by atoms with Crippen LogP contribution in [0.25, 0.3) is 0 Å². The number of nitrogens with zero attached hydrogens (tertiary/aromatic N) is 2. The third kappa shape index (κ3) is 5.26. The number of rotatable bonds is 3. The fourth-order valence-corrected chi connectivity index (χ4v) is 1.10. The smallest absolute Gasteiger partial charge is 0.180 e. The topological polar surface area (TPSA) is 80.2 Å². The predicted molar refractivity (Wildman–Crippen MR) is 67.4 cm³/mol. The maximum absolute atomic E-state index is 9.37. The van der Waals surface area contributed by atoms with Gasteiger partial charge < -0.3 is 39.6 Å². The van der Waals surface area contributed by atoms with Gasteiger partial charge >= 0.3 is 0 Å². The van der Waals surface area contributed by atoms with Crippen molar-refractivity contribution in [2.75, 3.05) is 13.4 Å². The van der Waals surface area contributed by atoms with Crippen LogP contribution in [0.1, 0.15) is 5.56 Å². The monoisotopic (exact) mass is 366 g/mol. The van der Waals surface area contributed by atoms with E-state index in [9.17, 15) is 5.11 Å². The quantitative estimate of drug-likeness (QED) is 0.293. The number of ether oxygens (including phenoxy) is 1. The molecule has 0 fully saturated rings. The number of phenolic OH excluding ortho intramolecular Hbond substituents is 1. The Morgan fingerprint density at radius 3 is 2.82 bits per heavy atom. The van der Waals surface area contributed by atoms with Crippen molar-refractivity contribution >= 4 is 23.1 Å². The summed E-state index contributed by atoms with van der Waals surface area (Å²) in [5.74, 6) is 0.484. The number of benzene rings is 1. The number of nitrogens with two attached hydrogens (primary N) is 1. The van der Waals surface area contributed by atoms with E-state index in [-0.39, 0.29) is 29.7 Å². The van der Waals surface area contributed by atoms with Gasteiger partial charge in [0.2, 0.25) is 0 Å². The highest BCUT2D eigenvalue weighted by Crippen LogP contribution is 2.25. The first-order valence-electron chi connectivity index (χ1n) is 4.45. The molecular formula is C10H13IN3O2S-. The first kappa shape index (κ1) is 16.0. The summed E-state index contributed by atoms with van der Waals surface area (Å²) in [6, 6.07) is 4.89. The summed E-state index contributed by atoms with van der Waals surface area (Å²) >= 11 is 1.32. The van der Waals surface area contributed by atoms with Gasteiger partial charge in [0.15, 0.2) is 16.7 Å². The molecular weight excluding hydrogens is 353 g/mol. The highest BCUT2D eigenvalue weighted by Gasteiger charge is 2.00. The van der Waals surface area contributed by atoms with Crippen molar-refractivity contribution < 1.29 is 33.8 Å². The molecule has 0 saturated carbocycles. The summed E-state index contributed by atoms with van der Waals surface area (Å²) in [6.07, 6.45) is 3.35. The second-order valence-electron chi connectivity index (χ2n) is 2.82. The summed E-state index contributed by atoms with van der Waals surface area (Å²) in [5.41, 5.74) is 6.22. The van der Waals surface area contributed by atoms with Crippen LogP contribution in [0.5, 0.6) is 11.5 Å². The van der Waals surface area contributed by atoms with Crippen molar-refractivity contribution in [3.05, 3.63) is 23.8 Å². The molecule has 0 spiro atoms. The highest BCUT2D eigenvalue weighted by atomic mass is 127. The summed E-state index contributed by atoms with van der Waals surface area (Å²) in [4.78, 5) is 0. The van der Waals surface area contributed by atoms with Crippen LogP contribution in [0.2, 0.25) is 0 Å². The molecule has 94 valence electrons. The van der Waals surface area contributed by atoms with Crippen LogP contribution in [0.4, 0.5) is 0 Å². The standard InChI is InChI=1S/C10H13N3O2S.HI/c1-15-9-5-7(3-4-8(9)14)6-12-13-10(11)16-2;/h3-6,14H,1-2H3,(H2,11,13);1H/p-1/b12-6+;. The van der Waals surface area contributed by atoms with Gasteiger partial charge in [-0.05, 0) is 30.0 Å². The van der Waals surface area contributed by atoms with Crippen molar-refractivity contribution in [3.63, 3.8) is 0 Å². The average Bonchev–Trinajstić information content (AvgIpc) is 2.31. The summed E-state index contributed by atoms with van der Waals surface area (Å²) in [5, 5.41) is 17.3. The minimum atomic E-state index is 0. The second kappa shape index (κ2) is 8.18. The molecule has 0 unspecified atom stereocenters. The Morgan fingerprint density at radius 2 is 2.24 bits per heavy atom. The summed E-state index contributed by atoms with van der Waals surface area (Å²) in [6.45, 7) is 0. The van der Waals surface area contributed by atoms with Crippen LogP contribution in [0.3, 0.4) is 0 Å².